The van der Waals surface area contributed by atoms with Crippen molar-refractivity contribution >= 4 is 16.5 Å². The molecule has 0 fully saturated rings. The number of halogens is 2. The predicted octanol–water partition coefficient (Wildman–Crippen LogP) is 2.56. The molecule has 100 valence electrons. The summed E-state index contributed by atoms with van der Waals surface area (Å²) < 4.78 is 39.9. The van der Waals surface area contributed by atoms with E-state index in [0.29, 0.717) is 0 Å². The summed E-state index contributed by atoms with van der Waals surface area (Å²) >= 11 is 0. The number of anilines is 1. The first-order valence-corrected chi connectivity index (χ1v) is 6.84. The molecule has 0 aliphatic carbocycles. The van der Waals surface area contributed by atoms with Crippen LogP contribution in [0.1, 0.15) is 5.56 Å². The van der Waals surface area contributed by atoms with Gasteiger partial charge in [0.1, 0.15) is 0 Å². The van der Waals surface area contributed by atoms with Crippen molar-refractivity contribution in [2.24, 2.45) is 0 Å². The third-order valence-corrected chi connectivity index (χ3v) is 4.05. The van der Waals surface area contributed by atoms with Crippen molar-refractivity contribution in [1.29, 1.82) is 0 Å². The van der Waals surface area contributed by atoms with Gasteiger partial charge in [-0.15, -0.1) is 0 Å². The molecule has 1 aromatic carbocycles. The maximum atomic E-state index is 14.0. The molecule has 3 nitrogen and oxygen atoms in total. The van der Waals surface area contributed by atoms with E-state index in [1.165, 1.54) is 42.7 Å². The quantitative estimate of drug-likeness (QED) is 0.937. The fourth-order valence-corrected chi connectivity index (χ4v) is 2.79. The first kappa shape index (κ1) is 13.6. The Kier molecular flexibility index (Phi) is 3.90. The minimum atomic E-state index is -3.16. The topological polar surface area (TPSA) is 56.0 Å². The largest absolute Gasteiger partial charge is 0.396 e. The molecule has 0 saturated heterocycles. The molecule has 0 amide bonds. The van der Waals surface area contributed by atoms with Gasteiger partial charge in [-0.25, -0.2) is 8.78 Å². The van der Waals surface area contributed by atoms with Crippen LogP contribution in [-0.4, -0.2) is 14.9 Å². The van der Waals surface area contributed by atoms with Crippen molar-refractivity contribution in [2.45, 2.75) is 10.8 Å². The molecule has 0 saturated carbocycles. The molecule has 2 rings (SSSR count). The maximum absolute atomic E-state index is 14.0. The van der Waals surface area contributed by atoms with Crippen LogP contribution < -0.4 is 5.73 Å². The number of rotatable bonds is 4. The summed E-state index contributed by atoms with van der Waals surface area (Å²) in [6.07, 6.45) is 2.68. The van der Waals surface area contributed by atoms with E-state index in [-0.39, 0.29) is 16.1 Å². The van der Waals surface area contributed by atoms with Crippen molar-refractivity contribution in [3.8, 4) is 0 Å². The number of hydrogen-bond donors (Lipinski definition) is 1. The van der Waals surface area contributed by atoms with E-state index >= 15 is 0 Å². The lowest BCUT2D eigenvalue weighted by molar-refractivity contribution is 0.0222. The average molecular weight is 282 g/mol. The number of nitrogens with two attached hydrogens (primary N) is 1. The summed E-state index contributed by atoms with van der Waals surface area (Å²) in [6.45, 7) is 0. The third-order valence-electron chi connectivity index (χ3n) is 2.56. The van der Waals surface area contributed by atoms with Gasteiger partial charge in [0.05, 0.1) is 33.3 Å². The van der Waals surface area contributed by atoms with E-state index in [1.807, 2.05) is 0 Å². The van der Waals surface area contributed by atoms with Gasteiger partial charge >= 0.3 is 0 Å². The predicted molar refractivity (Wildman–Crippen MR) is 70.3 cm³/mol. The van der Waals surface area contributed by atoms with Gasteiger partial charge in [0.25, 0.3) is 5.92 Å². The van der Waals surface area contributed by atoms with Crippen LogP contribution in [0, 0.1) is 0 Å². The molecule has 1 atom stereocenters. The third kappa shape index (κ3) is 3.14. The number of aromatic nitrogens is 1. The molecule has 0 spiro atoms. The molecule has 19 heavy (non-hydrogen) atoms. The second-order valence-electron chi connectivity index (χ2n) is 3.97. The van der Waals surface area contributed by atoms with Crippen LogP contribution in [0.25, 0.3) is 0 Å². The summed E-state index contributed by atoms with van der Waals surface area (Å²) in [5.41, 5.74) is 5.58. The molecule has 1 heterocycles. The second kappa shape index (κ2) is 5.44. The Hall–Kier alpha value is -1.82. The lowest BCUT2D eigenvalue weighted by atomic mass is 10.1. The number of nitrogens with zero attached hydrogens (tertiary/aromatic N) is 1. The van der Waals surface area contributed by atoms with Crippen molar-refractivity contribution < 1.29 is 13.0 Å². The van der Waals surface area contributed by atoms with Crippen LogP contribution in [0.15, 0.2) is 53.7 Å². The summed E-state index contributed by atoms with van der Waals surface area (Å²) in [6, 6.07) is 8.71. The number of benzene rings is 1. The molecule has 2 aromatic rings. The van der Waals surface area contributed by atoms with Crippen LogP contribution in [0.3, 0.4) is 0 Å². The summed E-state index contributed by atoms with van der Waals surface area (Å²) in [7, 11) is -1.88. The van der Waals surface area contributed by atoms with Gasteiger partial charge in [0.15, 0.2) is 0 Å². The second-order valence-corrected chi connectivity index (χ2v) is 5.39. The normalized spacial score (nSPS) is 13.2. The number of nitrogen functional groups attached to an aromatic ring is 1. The molecule has 1 unspecified atom stereocenters. The summed E-state index contributed by atoms with van der Waals surface area (Å²) in [5, 5.41) is 0. The molecular formula is C13H12F2N2OS. The Morgan fingerprint density at radius 3 is 2.53 bits per heavy atom. The van der Waals surface area contributed by atoms with Crippen LogP contribution in [0.2, 0.25) is 0 Å². The fourth-order valence-electron chi connectivity index (χ4n) is 1.61. The highest BCUT2D eigenvalue weighted by molar-refractivity contribution is 7.85. The zero-order chi connectivity index (χ0) is 13.9. The number of hydrogen-bond acceptors (Lipinski definition) is 3. The zero-order valence-electron chi connectivity index (χ0n) is 9.92. The van der Waals surface area contributed by atoms with Crippen LogP contribution in [-0.2, 0) is 16.7 Å². The number of alkyl halides is 2. The van der Waals surface area contributed by atoms with Crippen LogP contribution >= 0.6 is 0 Å². The molecule has 2 N–H and O–H groups in total. The lowest BCUT2D eigenvalue weighted by Gasteiger charge is -2.16. The minimum Gasteiger partial charge on any atom is -0.396 e. The highest BCUT2D eigenvalue weighted by Gasteiger charge is 2.34. The molecule has 0 radical (unpaired) electrons. The molecular weight excluding hydrogens is 270 g/mol. The monoisotopic (exact) mass is 282 g/mol. The molecule has 0 aliphatic heterocycles. The molecule has 0 aliphatic rings. The Bertz CT molecular complexity index is 590. The maximum Gasteiger partial charge on any atom is 0.284 e. The van der Waals surface area contributed by atoms with Crippen LogP contribution in [0.4, 0.5) is 14.5 Å². The molecule has 0 bridgehead atoms. The summed E-state index contributed by atoms with van der Waals surface area (Å²) in [4.78, 5) is 3.92. The van der Waals surface area contributed by atoms with Gasteiger partial charge < -0.3 is 5.73 Å². The van der Waals surface area contributed by atoms with E-state index < -0.39 is 22.5 Å². The Morgan fingerprint density at radius 1 is 1.21 bits per heavy atom. The average Bonchev–Trinajstić information content (AvgIpc) is 2.39. The fraction of sp³-hybridized carbons (Fsp3) is 0.154. The Morgan fingerprint density at radius 2 is 1.89 bits per heavy atom. The van der Waals surface area contributed by atoms with Gasteiger partial charge in [0, 0.05) is 11.8 Å². The van der Waals surface area contributed by atoms with E-state index in [0.717, 1.165) is 0 Å². The Balaban J connectivity index is 2.22. The van der Waals surface area contributed by atoms with Gasteiger partial charge in [0.2, 0.25) is 0 Å². The zero-order valence-corrected chi connectivity index (χ0v) is 10.7. The Labute approximate surface area is 111 Å². The van der Waals surface area contributed by atoms with Crippen molar-refractivity contribution in [3.05, 3.63) is 54.4 Å². The van der Waals surface area contributed by atoms with Crippen molar-refractivity contribution in [3.63, 3.8) is 0 Å². The highest BCUT2D eigenvalue weighted by atomic mass is 32.2. The van der Waals surface area contributed by atoms with E-state index in [9.17, 15) is 13.0 Å². The van der Waals surface area contributed by atoms with Gasteiger partial charge in [-0.05, 0) is 6.07 Å². The van der Waals surface area contributed by atoms with E-state index in [1.54, 1.807) is 6.07 Å². The first-order chi connectivity index (χ1) is 9.00. The van der Waals surface area contributed by atoms with Gasteiger partial charge in [-0.3, -0.25) is 9.19 Å². The van der Waals surface area contributed by atoms with E-state index in [4.69, 9.17) is 5.73 Å². The SMILES string of the molecule is Nc1cnccc1S(=O)CC(F)(F)c1ccccc1. The highest BCUT2D eigenvalue weighted by Crippen LogP contribution is 2.30. The van der Waals surface area contributed by atoms with Crippen molar-refractivity contribution in [2.75, 3.05) is 11.5 Å². The molecule has 6 heteroatoms. The van der Waals surface area contributed by atoms with Crippen LogP contribution in [0.5, 0.6) is 0 Å². The minimum absolute atomic E-state index is 0.157. The van der Waals surface area contributed by atoms with Gasteiger partial charge in [-0.2, -0.15) is 0 Å². The first-order valence-electron chi connectivity index (χ1n) is 5.52. The van der Waals surface area contributed by atoms with Gasteiger partial charge in [-0.1, -0.05) is 30.3 Å². The molecule has 1 aromatic heterocycles. The lowest BCUT2D eigenvalue weighted by Crippen LogP contribution is -2.22. The van der Waals surface area contributed by atoms with Crippen molar-refractivity contribution in [1.82, 2.24) is 4.98 Å². The standard InChI is InChI=1S/C13H12F2N2OS/c14-13(15,10-4-2-1-3-5-10)9-19(18)12-6-7-17-8-11(12)16/h1-8H,9,16H2. The number of pyridine rings is 1. The smallest absolute Gasteiger partial charge is 0.284 e. The van der Waals surface area contributed by atoms with E-state index in [2.05, 4.69) is 4.98 Å². The summed E-state index contributed by atoms with van der Waals surface area (Å²) in [5.74, 6) is -3.97.